The molecule has 3 atom stereocenters. The lowest BCUT2D eigenvalue weighted by molar-refractivity contribution is -0.143. The number of likely N-dealkylation sites (tertiary alicyclic amines) is 1. The normalized spacial score (nSPS) is 20.5. The molecular weight excluding hydrogens is 425 g/mol. The van der Waals surface area contributed by atoms with Crippen LogP contribution in [0.15, 0.2) is 36.4 Å². The van der Waals surface area contributed by atoms with Crippen LogP contribution in [0.4, 0.5) is 4.39 Å². The summed E-state index contributed by atoms with van der Waals surface area (Å²) in [4.78, 5) is 53.7. The van der Waals surface area contributed by atoms with Gasteiger partial charge in [0.1, 0.15) is 11.9 Å². The number of amides is 4. The number of rotatable bonds is 10. The molecular formula is C25H32FN3O4. The minimum atomic E-state index is -0.828. The van der Waals surface area contributed by atoms with Crippen LogP contribution in [0.25, 0.3) is 0 Å². The lowest BCUT2D eigenvalue weighted by Crippen LogP contribution is -2.48. The summed E-state index contributed by atoms with van der Waals surface area (Å²) in [5.41, 5.74) is 0.296. The van der Waals surface area contributed by atoms with Gasteiger partial charge in [0.2, 0.25) is 23.6 Å². The fourth-order valence-corrected chi connectivity index (χ4v) is 4.37. The highest BCUT2D eigenvalue weighted by molar-refractivity contribution is 6.05. The number of hydrogen-bond donors (Lipinski definition) is 1. The monoisotopic (exact) mass is 457 g/mol. The zero-order valence-corrected chi connectivity index (χ0v) is 19.3. The van der Waals surface area contributed by atoms with Crippen molar-refractivity contribution in [2.75, 3.05) is 13.1 Å². The summed E-state index contributed by atoms with van der Waals surface area (Å²) in [7, 11) is 0. The van der Waals surface area contributed by atoms with Gasteiger partial charge in [0.25, 0.3) is 0 Å². The van der Waals surface area contributed by atoms with Gasteiger partial charge in [0, 0.05) is 31.6 Å². The van der Waals surface area contributed by atoms with E-state index in [1.165, 1.54) is 15.9 Å². The summed E-state index contributed by atoms with van der Waals surface area (Å²) >= 11 is 0. The predicted molar refractivity (Wildman–Crippen MR) is 121 cm³/mol. The van der Waals surface area contributed by atoms with Crippen LogP contribution in [0.5, 0.6) is 0 Å². The zero-order valence-electron chi connectivity index (χ0n) is 19.3. The highest BCUT2D eigenvalue weighted by atomic mass is 19.1. The Labute approximate surface area is 194 Å². The molecule has 7 nitrogen and oxygen atoms in total. The van der Waals surface area contributed by atoms with E-state index in [0.717, 1.165) is 12.8 Å². The molecule has 8 heteroatoms. The molecule has 0 aromatic heterocycles. The molecule has 4 amide bonds. The largest absolute Gasteiger partial charge is 0.354 e. The number of allylic oxidation sites excluding steroid dienone is 2. The van der Waals surface area contributed by atoms with E-state index in [2.05, 4.69) is 5.32 Å². The van der Waals surface area contributed by atoms with Crippen molar-refractivity contribution in [3.8, 4) is 0 Å². The molecule has 33 heavy (non-hydrogen) atoms. The summed E-state index contributed by atoms with van der Waals surface area (Å²) < 4.78 is 14.3. The van der Waals surface area contributed by atoms with Gasteiger partial charge in [-0.3, -0.25) is 24.1 Å². The van der Waals surface area contributed by atoms with Crippen LogP contribution in [0.1, 0.15) is 51.5 Å². The maximum atomic E-state index is 14.3. The van der Waals surface area contributed by atoms with Crippen molar-refractivity contribution < 1.29 is 23.6 Å². The van der Waals surface area contributed by atoms with E-state index in [0.29, 0.717) is 24.9 Å². The molecule has 1 N–H and O–H groups in total. The van der Waals surface area contributed by atoms with Crippen molar-refractivity contribution >= 4 is 23.6 Å². The van der Waals surface area contributed by atoms with E-state index in [4.69, 9.17) is 0 Å². The first-order chi connectivity index (χ1) is 15.8. The molecule has 1 aromatic rings. The fraction of sp³-hybridized carbons (Fsp3) is 0.520. The van der Waals surface area contributed by atoms with E-state index in [1.807, 2.05) is 19.1 Å². The van der Waals surface area contributed by atoms with Crippen molar-refractivity contribution in [1.29, 1.82) is 0 Å². The van der Waals surface area contributed by atoms with E-state index in [9.17, 15) is 23.6 Å². The number of fused-ring (bicyclic) bond motifs is 1. The Morgan fingerprint density at radius 2 is 1.79 bits per heavy atom. The SMILES string of the molecule is CCCCNC(=O)C(C)N(Cc1ccccc1F)C(=O)CCN1C(=O)[C@H]2CC=CC[C@H]2C1=O. The quantitative estimate of drug-likeness (QED) is 0.333. The van der Waals surface area contributed by atoms with Crippen LogP contribution in [0, 0.1) is 17.7 Å². The van der Waals surface area contributed by atoms with Gasteiger partial charge in [-0.1, -0.05) is 43.7 Å². The molecule has 1 aromatic carbocycles. The Balaban J connectivity index is 1.70. The molecule has 2 aliphatic rings. The summed E-state index contributed by atoms with van der Waals surface area (Å²) in [6.07, 6.45) is 6.51. The Morgan fingerprint density at radius 1 is 1.15 bits per heavy atom. The topological polar surface area (TPSA) is 86.8 Å². The fourth-order valence-electron chi connectivity index (χ4n) is 4.37. The summed E-state index contributed by atoms with van der Waals surface area (Å²) in [5, 5.41) is 2.81. The van der Waals surface area contributed by atoms with Crippen molar-refractivity contribution in [3.05, 3.63) is 47.8 Å². The molecule has 0 spiro atoms. The van der Waals surface area contributed by atoms with Crippen molar-refractivity contribution in [2.24, 2.45) is 11.8 Å². The maximum absolute atomic E-state index is 14.3. The second-order valence-electron chi connectivity index (χ2n) is 8.67. The number of unbranched alkanes of at least 4 members (excludes halogenated alkanes) is 1. The third kappa shape index (κ3) is 5.67. The second-order valence-corrected chi connectivity index (χ2v) is 8.67. The number of nitrogens with zero attached hydrogens (tertiary/aromatic N) is 2. The van der Waals surface area contributed by atoms with E-state index in [1.54, 1.807) is 25.1 Å². The molecule has 3 rings (SSSR count). The number of hydrogen-bond acceptors (Lipinski definition) is 4. The standard InChI is InChI=1S/C25H32FN3O4/c1-3-4-14-27-23(31)17(2)29(16-18-9-5-8-12-21(18)26)22(30)13-15-28-24(32)19-10-6-7-11-20(19)25(28)33/h5-9,12,17,19-20H,3-4,10-11,13-16H2,1-2H3,(H,27,31)/t17?,19-,20+. The second kappa shape index (κ2) is 11.2. The highest BCUT2D eigenvalue weighted by Gasteiger charge is 2.47. The number of nitrogens with one attached hydrogen (secondary N) is 1. The maximum Gasteiger partial charge on any atom is 0.242 e. The summed E-state index contributed by atoms with van der Waals surface area (Å²) in [6.45, 7) is 3.99. The first-order valence-corrected chi connectivity index (χ1v) is 11.7. The summed E-state index contributed by atoms with van der Waals surface area (Å²) in [6, 6.07) is 5.28. The van der Waals surface area contributed by atoms with Crippen molar-refractivity contribution in [2.45, 2.75) is 58.5 Å². The van der Waals surface area contributed by atoms with Gasteiger partial charge >= 0.3 is 0 Å². The zero-order chi connectivity index (χ0) is 24.0. The molecule has 1 heterocycles. The third-order valence-electron chi connectivity index (χ3n) is 6.44. The first kappa shape index (κ1) is 24.6. The average Bonchev–Trinajstić information content (AvgIpc) is 3.06. The minimum Gasteiger partial charge on any atom is -0.354 e. The number of benzene rings is 1. The van der Waals surface area contributed by atoms with Gasteiger partial charge < -0.3 is 10.2 Å². The van der Waals surface area contributed by atoms with Crippen molar-refractivity contribution in [1.82, 2.24) is 15.1 Å². The van der Waals surface area contributed by atoms with Crippen LogP contribution < -0.4 is 5.32 Å². The van der Waals surface area contributed by atoms with Crippen LogP contribution in [-0.4, -0.2) is 52.6 Å². The molecule has 0 bridgehead atoms. The molecule has 0 radical (unpaired) electrons. The minimum absolute atomic E-state index is 0.0402. The molecule has 0 saturated carbocycles. The Hall–Kier alpha value is -3.03. The predicted octanol–water partition coefficient (Wildman–Crippen LogP) is 2.80. The van der Waals surface area contributed by atoms with Crippen LogP contribution in [0.3, 0.4) is 0 Å². The third-order valence-corrected chi connectivity index (χ3v) is 6.44. The van der Waals surface area contributed by atoms with Gasteiger partial charge in [-0.25, -0.2) is 4.39 Å². The number of imide groups is 1. The van der Waals surface area contributed by atoms with E-state index in [-0.39, 0.29) is 49.1 Å². The Kier molecular flexibility index (Phi) is 8.36. The lowest BCUT2D eigenvalue weighted by atomic mass is 9.85. The smallest absolute Gasteiger partial charge is 0.242 e. The average molecular weight is 458 g/mol. The van der Waals surface area contributed by atoms with E-state index >= 15 is 0 Å². The summed E-state index contributed by atoms with van der Waals surface area (Å²) in [5.74, 6) is -2.38. The first-order valence-electron chi connectivity index (χ1n) is 11.7. The van der Waals surface area contributed by atoms with E-state index < -0.39 is 17.8 Å². The Morgan fingerprint density at radius 3 is 2.39 bits per heavy atom. The van der Waals surface area contributed by atoms with Gasteiger partial charge in [-0.2, -0.15) is 0 Å². The van der Waals surface area contributed by atoms with Gasteiger partial charge in [-0.15, -0.1) is 0 Å². The molecule has 178 valence electrons. The molecule has 1 fully saturated rings. The van der Waals surface area contributed by atoms with Gasteiger partial charge in [0.05, 0.1) is 11.8 Å². The number of carbonyl (C=O) groups is 4. The molecule has 1 aliphatic heterocycles. The Bertz CT molecular complexity index is 906. The molecule has 1 aliphatic carbocycles. The number of carbonyl (C=O) groups excluding carboxylic acids is 4. The van der Waals surface area contributed by atoms with Gasteiger partial charge in [0.15, 0.2) is 0 Å². The van der Waals surface area contributed by atoms with Crippen LogP contribution in [-0.2, 0) is 25.7 Å². The van der Waals surface area contributed by atoms with Gasteiger partial charge in [-0.05, 0) is 32.3 Å². The number of halogens is 1. The lowest BCUT2D eigenvalue weighted by Gasteiger charge is -2.29. The van der Waals surface area contributed by atoms with Crippen LogP contribution >= 0.6 is 0 Å². The highest BCUT2D eigenvalue weighted by Crippen LogP contribution is 2.35. The van der Waals surface area contributed by atoms with Crippen molar-refractivity contribution in [3.63, 3.8) is 0 Å². The molecule has 1 unspecified atom stereocenters. The molecule has 1 saturated heterocycles. The van der Waals surface area contributed by atoms with Crippen LogP contribution in [0.2, 0.25) is 0 Å².